The third-order valence-electron chi connectivity index (χ3n) is 3.57. The van der Waals surface area contributed by atoms with Gasteiger partial charge in [-0.2, -0.15) is 0 Å². The molecule has 2 heterocycles. The van der Waals surface area contributed by atoms with Crippen LogP contribution in [0.2, 0.25) is 0 Å². The Labute approximate surface area is 117 Å². The minimum absolute atomic E-state index is 0. The number of rotatable bonds is 0. The van der Waals surface area contributed by atoms with Gasteiger partial charge in [-0.05, 0) is 25.2 Å². The van der Waals surface area contributed by atoms with Gasteiger partial charge in [-0.15, -0.1) is 12.4 Å². The van der Waals surface area contributed by atoms with Crippen molar-refractivity contribution in [1.82, 2.24) is 5.32 Å². The molecule has 0 aliphatic carbocycles. The molecule has 1 fully saturated rings. The molecule has 3 rings (SSSR count). The number of Topliss-reactive ketones (excluding diaryl/α,β-unsaturated/α-hetero) is 1. The number of piperidine rings is 1. The third kappa shape index (κ3) is 2.88. The Balaban J connectivity index is 0.000000902. The van der Waals surface area contributed by atoms with Crippen molar-refractivity contribution in [3.8, 4) is 5.75 Å². The number of carbonyl (C=O) groups is 1. The second-order valence-electron chi connectivity index (χ2n) is 4.78. The molecule has 0 radical (unpaired) electrons. The van der Waals surface area contributed by atoms with Crippen LogP contribution in [0.15, 0.2) is 18.2 Å². The summed E-state index contributed by atoms with van der Waals surface area (Å²) in [6.45, 7) is 1.69. The Bertz CT molecular complexity index is 475. The van der Waals surface area contributed by atoms with E-state index in [4.69, 9.17) is 4.74 Å². The van der Waals surface area contributed by atoms with Gasteiger partial charge in [0.1, 0.15) is 17.2 Å². The molecule has 0 unspecified atom stereocenters. The van der Waals surface area contributed by atoms with Crippen LogP contribution in [-0.4, -0.2) is 30.0 Å². The molecule has 1 aromatic carbocycles. The molecule has 0 amide bonds. The van der Waals surface area contributed by atoms with Crippen molar-refractivity contribution in [2.45, 2.75) is 24.9 Å². The number of nitrogens with one attached hydrogen (secondary N) is 1. The molecule has 4 nitrogen and oxygen atoms in total. The lowest BCUT2D eigenvalue weighted by molar-refractivity contribution is 0.0185. The van der Waals surface area contributed by atoms with Crippen molar-refractivity contribution < 1.29 is 19.4 Å². The number of carbonyl (C=O) groups excluding carboxylic acids is 1. The van der Waals surface area contributed by atoms with Crippen LogP contribution in [-0.2, 0) is 0 Å². The average Bonchev–Trinajstić information content (AvgIpc) is 2.29. The number of hydrogen-bond donors (Lipinski definition) is 1. The second kappa shape index (κ2) is 5.86. The molecule has 19 heavy (non-hydrogen) atoms. The fourth-order valence-corrected chi connectivity index (χ4v) is 2.63. The van der Waals surface area contributed by atoms with Crippen molar-refractivity contribution in [2.24, 2.45) is 0 Å². The predicted molar refractivity (Wildman–Crippen MR) is 71.7 cm³/mol. The molecule has 0 atom stereocenters. The fourth-order valence-electron chi connectivity index (χ4n) is 2.63. The summed E-state index contributed by atoms with van der Waals surface area (Å²) in [5.41, 5.74) is 0.0962. The average molecular weight is 290 g/mol. The zero-order chi connectivity index (χ0) is 11.9. The summed E-state index contributed by atoms with van der Waals surface area (Å²) in [4.78, 5) is 12.0. The molecule has 2 aliphatic rings. The van der Waals surface area contributed by atoms with E-state index in [-0.39, 0.29) is 29.5 Å². The van der Waals surface area contributed by atoms with Crippen molar-refractivity contribution in [3.63, 3.8) is 0 Å². The number of halogens is 2. The first-order valence-corrected chi connectivity index (χ1v) is 5.91. The van der Waals surface area contributed by atoms with E-state index in [1.807, 2.05) is 0 Å². The van der Waals surface area contributed by atoms with Gasteiger partial charge in [-0.25, -0.2) is 4.39 Å². The van der Waals surface area contributed by atoms with Crippen LogP contribution >= 0.6 is 12.4 Å². The van der Waals surface area contributed by atoms with Gasteiger partial charge in [-0.1, -0.05) is 0 Å². The molecule has 1 aromatic rings. The molecule has 1 spiro atoms. The minimum Gasteiger partial charge on any atom is -0.486 e. The maximum atomic E-state index is 13.2. The van der Waals surface area contributed by atoms with Crippen molar-refractivity contribution >= 4 is 18.2 Å². The van der Waals surface area contributed by atoms with Crippen molar-refractivity contribution in [3.05, 3.63) is 29.6 Å². The first kappa shape index (κ1) is 15.9. The van der Waals surface area contributed by atoms with E-state index in [2.05, 4.69) is 5.32 Å². The summed E-state index contributed by atoms with van der Waals surface area (Å²) in [5, 5.41) is 3.24. The molecule has 3 N–H and O–H groups in total. The minimum atomic E-state index is -0.414. The highest BCUT2D eigenvalue weighted by Crippen LogP contribution is 2.38. The molecule has 1 saturated heterocycles. The Morgan fingerprint density at radius 2 is 1.95 bits per heavy atom. The predicted octanol–water partition coefficient (Wildman–Crippen LogP) is 1.51. The van der Waals surface area contributed by atoms with Gasteiger partial charge in [0.2, 0.25) is 0 Å². The van der Waals surface area contributed by atoms with E-state index in [0.29, 0.717) is 17.7 Å². The first-order valence-electron chi connectivity index (χ1n) is 5.91. The quantitative estimate of drug-likeness (QED) is 0.787. The van der Waals surface area contributed by atoms with E-state index in [1.54, 1.807) is 0 Å². The SMILES string of the molecule is Cl.O.O=C1CC2(CCNCC2)Oc2cc(F)ccc21. The van der Waals surface area contributed by atoms with Gasteiger partial charge in [0.15, 0.2) is 5.78 Å². The highest BCUT2D eigenvalue weighted by atomic mass is 35.5. The summed E-state index contributed by atoms with van der Waals surface area (Å²) < 4.78 is 19.1. The lowest BCUT2D eigenvalue weighted by atomic mass is 9.83. The highest BCUT2D eigenvalue weighted by Gasteiger charge is 2.41. The Morgan fingerprint density at radius 3 is 2.63 bits per heavy atom. The van der Waals surface area contributed by atoms with Gasteiger partial charge in [-0.3, -0.25) is 4.79 Å². The highest BCUT2D eigenvalue weighted by molar-refractivity contribution is 6.00. The molecule has 0 saturated carbocycles. The molecule has 6 heteroatoms. The number of benzene rings is 1. The Hall–Kier alpha value is -1.17. The van der Waals surface area contributed by atoms with Crippen LogP contribution in [0.3, 0.4) is 0 Å². The maximum Gasteiger partial charge on any atom is 0.170 e. The summed E-state index contributed by atoms with van der Waals surface area (Å²) >= 11 is 0. The van der Waals surface area contributed by atoms with E-state index in [9.17, 15) is 9.18 Å². The largest absolute Gasteiger partial charge is 0.486 e. The van der Waals surface area contributed by atoms with Crippen LogP contribution < -0.4 is 10.1 Å². The second-order valence-corrected chi connectivity index (χ2v) is 4.78. The number of ether oxygens (including phenoxy) is 1. The molecular weight excluding hydrogens is 273 g/mol. The molecular formula is C13H17ClFNO3. The molecule has 0 aromatic heterocycles. The topological polar surface area (TPSA) is 69.8 Å². The van der Waals surface area contributed by atoms with Crippen molar-refractivity contribution in [2.75, 3.05) is 13.1 Å². The summed E-state index contributed by atoms with van der Waals surface area (Å²) in [7, 11) is 0. The standard InChI is InChI=1S/C13H14FNO2.ClH.H2O/c14-9-1-2-10-11(16)8-13(17-12(10)7-9)3-5-15-6-4-13;;/h1-2,7,15H,3-6,8H2;1H;1H2. The first-order chi connectivity index (χ1) is 8.19. The van der Waals surface area contributed by atoms with Crippen molar-refractivity contribution in [1.29, 1.82) is 0 Å². The zero-order valence-corrected chi connectivity index (χ0v) is 11.2. The Kier molecular flexibility index (Phi) is 4.90. The molecule has 106 valence electrons. The van der Waals surface area contributed by atoms with E-state index >= 15 is 0 Å². The Morgan fingerprint density at radius 1 is 1.26 bits per heavy atom. The fraction of sp³-hybridized carbons (Fsp3) is 0.462. The van der Waals surface area contributed by atoms with Gasteiger partial charge >= 0.3 is 0 Å². The normalized spacial score (nSPS) is 19.7. The van der Waals surface area contributed by atoms with Gasteiger partial charge in [0.05, 0.1) is 12.0 Å². The van der Waals surface area contributed by atoms with Gasteiger partial charge in [0.25, 0.3) is 0 Å². The van der Waals surface area contributed by atoms with E-state index in [1.165, 1.54) is 18.2 Å². The number of hydrogen-bond acceptors (Lipinski definition) is 3. The number of fused-ring (bicyclic) bond motifs is 1. The van der Waals surface area contributed by atoms with Crippen LogP contribution in [0.5, 0.6) is 5.75 Å². The van der Waals surface area contributed by atoms with E-state index < -0.39 is 5.60 Å². The van der Waals surface area contributed by atoms with Crippen LogP contribution in [0, 0.1) is 5.82 Å². The van der Waals surface area contributed by atoms with E-state index in [0.717, 1.165) is 25.9 Å². The third-order valence-corrected chi connectivity index (χ3v) is 3.57. The maximum absolute atomic E-state index is 13.2. The zero-order valence-electron chi connectivity index (χ0n) is 10.4. The van der Waals surface area contributed by atoms with Gasteiger partial charge < -0.3 is 15.5 Å². The molecule has 0 bridgehead atoms. The van der Waals surface area contributed by atoms with Crippen LogP contribution in [0.4, 0.5) is 4.39 Å². The lowest BCUT2D eigenvalue weighted by Crippen LogP contribution is -2.49. The monoisotopic (exact) mass is 289 g/mol. The summed E-state index contributed by atoms with van der Waals surface area (Å²) in [6.07, 6.45) is 2.01. The van der Waals surface area contributed by atoms with Gasteiger partial charge in [0, 0.05) is 18.9 Å². The lowest BCUT2D eigenvalue weighted by Gasteiger charge is -2.40. The number of ketones is 1. The smallest absolute Gasteiger partial charge is 0.170 e. The van der Waals surface area contributed by atoms with Crippen LogP contribution in [0.25, 0.3) is 0 Å². The molecule has 2 aliphatic heterocycles. The summed E-state index contributed by atoms with van der Waals surface area (Å²) in [5.74, 6) is 0.110. The van der Waals surface area contributed by atoms with Crippen LogP contribution in [0.1, 0.15) is 29.6 Å². The summed E-state index contributed by atoms with van der Waals surface area (Å²) in [6, 6.07) is 4.14.